The van der Waals surface area contributed by atoms with Crippen LogP contribution in [-0.4, -0.2) is 20.7 Å². The molecule has 2 aromatic heterocycles. The molecule has 0 radical (unpaired) electrons. The number of nitrogens with one attached hydrogen (secondary N) is 2. The first-order valence-corrected chi connectivity index (χ1v) is 8.74. The number of halogens is 1. The molecule has 0 saturated carbocycles. The SMILES string of the molecule is CC(NC(=O)c1cc2ccc(F)cc2[nH]1)c1cnn(Cc2ccccc2)c1. The van der Waals surface area contributed by atoms with Gasteiger partial charge in [-0.3, -0.25) is 9.48 Å². The molecule has 2 heterocycles. The normalized spacial score (nSPS) is 12.2. The minimum atomic E-state index is -0.337. The molecular weight excluding hydrogens is 343 g/mol. The molecule has 0 aliphatic rings. The molecule has 0 fully saturated rings. The minimum absolute atomic E-state index is 0.204. The molecule has 0 aliphatic carbocycles. The number of fused-ring (bicyclic) bond motifs is 1. The van der Waals surface area contributed by atoms with E-state index in [0.717, 1.165) is 16.5 Å². The van der Waals surface area contributed by atoms with E-state index < -0.39 is 0 Å². The van der Waals surface area contributed by atoms with Crippen molar-refractivity contribution in [2.24, 2.45) is 0 Å². The standard InChI is InChI=1S/C21H19FN4O/c1-14(17-11-23-26(13-17)12-15-5-3-2-4-6-15)24-21(27)20-9-16-7-8-18(22)10-19(16)25-20/h2-11,13-14,25H,12H2,1H3,(H,24,27). The van der Waals surface area contributed by atoms with Crippen LogP contribution in [0.25, 0.3) is 10.9 Å². The molecule has 1 atom stereocenters. The zero-order chi connectivity index (χ0) is 18.8. The van der Waals surface area contributed by atoms with E-state index in [1.807, 2.05) is 48.1 Å². The summed E-state index contributed by atoms with van der Waals surface area (Å²) >= 11 is 0. The van der Waals surface area contributed by atoms with Crippen LogP contribution in [0.15, 0.2) is 67.0 Å². The zero-order valence-electron chi connectivity index (χ0n) is 14.8. The van der Waals surface area contributed by atoms with Gasteiger partial charge in [-0.2, -0.15) is 5.10 Å². The second kappa shape index (κ2) is 7.07. The number of rotatable bonds is 5. The summed E-state index contributed by atoms with van der Waals surface area (Å²) in [5, 5.41) is 8.12. The molecule has 1 amide bonds. The molecule has 4 aromatic rings. The number of aromatic nitrogens is 3. The average molecular weight is 362 g/mol. The summed E-state index contributed by atoms with van der Waals surface area (Å²) in [6, 6.07) is 16.0. The van der Waals surface area contributed by atoms with Crippen molar-refractivity contribution >= 4 is 16.8 Å². The van der Waals surface area contributed by atoms with E-state index in [-0.39, 0.29) is 17.8 Å². The lowest BCUT2D eigenvalue weighted by Crippen LogP contribution is -2.26. The third-order valence-electron chi connectivity index (χ3n) is 4.52. The Bertz CT molecular complexity index is 1080. The Morgan fingerprint density at radius 1 is 1.22 bits per heavy atom. The maximum Gasteiger partial charge on any atom is 0.268 e. The van der Waals surface area contributed by atoms with Crippen LogP contribution in [0.3, 0.4) is 0 Å². The van der Waals surface area contributed by atoms with Crippen molar-refractivity contribution in [3.8, 4) is 0 Å². The fourth-order valence-electron chi connectivity index (χ4n) is 3.04. The summed E-state index contributed by atoms with van der Waals surface area (Å²) < 4.78 is 15.2. The lowest BCUT2D eigenvalue weighted by atomic mass is 10.2. The summed E-state index contributed by atoms with van der Waals surface area (Å²) in [5.41, 5.74) is 3.08. The maximum atomic E-state index is 13.3. The molecule has 136 valence electrons. The Labute approximate surface area is 155 Å². The predicted octanol–water partition coefficient (Wildman–Crippen LogP) is 4.04. The minimum Gasteiger partial charge on any atom is -0.350 e. The highest BCUT2D eigenvalue weighted by atomic mass is 19.1. The van der Waals surface area contributed by atoms with Gasteiger partial charge in [-0.1, -0.05) is 30.3 Å². The molecule has 27 heavy (non-hydrogen) atoms. The first-order valence-electron chi connectivity index (χ1n) is 8.74. The fourth-order valence-corrected chi connectivity index (χ4v) is 3.04. The molecule has 5 nitrogen and oxygen atoms in total. The van der Waals surface area contributed by atoms with Crippen LogP contribution >= 0.6 is 0 Å². The van der Waals surface area contributed by atoms with Gasteiger partial charge in [0.25, 0.3) is 5.91 Å². The number of benzene rings is 2. The maximum absolute atomic E-state index is 13.3. The second-order valence-corrected chi connectivity index (χ2v) is 6.57. The smallest absolute Gasteiger partial charge is 0.268 e. The van der Waals surface area contributed by atoms with E-state index in [0.29, 0.717) is 17.8 Å². The topological polar surface area (TPSA) is 62.7 Å². The number of carbonyl (C=O) groups is 1. The molecule has 0 aliphatic heterocycles. The molecule has 4 rings (SSSR count). The summed E-state index contributed by atoms with van der Waals surface area (Å²) in [6.45, 7) is 2.58. The van der Waals surface area contributed by atoms with E-state index in [4.69, 9.17) is 0 Å². The van der Waals surface area contributed by atoms with E-state index in [1.54, 1.807) is 18.3 Å². The van der Waals surface area contributed by atoms with Crippen LogP contribution in [0, 0.1) is 5.82 Å². The Balaban J connectivity index is 1.45. The molecular formula is C21H19FN4O. The highest BCUT2D eigenvalue weighted by molar-refractivity contribution is 5.98. The van der Waals surface area contributed by atoms with Gasteiger partial charge in [-0.25, -0.2) is 4.39 Å². The molecule has 2 N–H and O–H groups in total. The summed E-state index contributed by atoms with van der Waals surface area (Å²) in [5.74, 6) is -0.578. The monoisotopic (exact) mass is 362 g/mol. The van der Waals surface area contributed by atoms with E-state index in [9.17, 15) is 9.18 Å². The van der Waals surface area contributed by atoms with Crippen molar-refractivity contribution in [3.63, 3.8) is 0 Å². The first-order chi connectivity index (χ1) is 13.1. The number of hydrogen-bond donors (Lipinski definition) is 2. The van der Waals surface area contributed by atoms with Crippen LogP contribution in [-0.2, 0) is 6.54 Å². The van der Waals surface area contributed by atoms with Crippen molar-refractivity contribution < 1.29 is 9.18 Å². The van der Waals surface area contributed by atoms with Crippen LogP contribution < -0.4 is 5.32 Å². The Kier molecular flexibility index (Phi) is 4.46. The first kappa shape index (κ1) is 17.0. The lowest BCUT2D eigenvalue weighted by molar-refractivity contribution is 0.0935. The number of H-pyrrole nitrogens is 1. The van der Waals surface area contributed by atoms with Gasteiger partial charge in [0, 0.05) is 22.7 Å². The van der Waals surface area contributed by atoms with Gasteiger partial charge < -0.3 is 10.3 Å². The van der Waals surface area contributed by atoms with Gasteiger partial charge in [0.15, 0.2) is 0 Å². The molecule has 0 bridgehead atoms. The number of carbonyl (C=O) groups excluding carboxylic acids is 1. The van der Waals surface area contributed by atoms with Crippen LogP contribution in [0.2, 0.25) is 0 Å². The van der Waals surface area contributed by atoms with Gasteiger partial charge in [-0.05, 0) is 36.8 Å². The number of amides is 1. The molecule has 0 saturated heterocycles. The van der Waals surface area contributed by atoms with Crippen molar-refractivity contribution in [3.05, 3.63) is 89.6 Å². The highest BCUT2D eigenvalue weighted by Gasteiger charge is 2.15. The quantitative estimate of drug-likeness (QED) is 0.563. The van der Waals surface area contributed by atoms with E-state index >= 15 is 0 Å². The van der Waals surface area contributed by atoms with Crippen molar-refractivity contribution in [2.45, 2.75) is 19.5 Å². The molecule has 1 unspecified atom stereocenters. The number of hydrogen-bond acceptors (Lipinski definition) is 2. The van der Waals surface area contributed by atoms with E-state index in [2.05, 4.69) is 15.4 Å². The van der Waals surface area contributed by atoms with Gasteiger partial charge in [-0.15, -0.1) is 0 Å². The van der Waals surface area contributed by atoms with Gasteiger partial charge >= 0.3 is 0 Å². The van der Waals surface area contributed by atoms with Crippen LogP contribution in [0.5, 0.6) is 0 Å². The molecule has 0 spiro atoms. The second-order valence-electron chi connectivity index (χ2n) is 6.57. The van der Waals surface area contributed by atoms with Crippen LogP contribution in [0.1, 0.15) is 34.6 Å². The Morgan fingerprint density at radius 3 is 2.85 bits per heavy atom. The fraction of sp³-hybridized carbons (Fsp3) is 0.143. The highest BCUT2D eigenvalue weighted by Crippen LogP contribution is 2.18. The predicted molar refractivity (Wildman–Crippen MR) is 102 cm³/mol. The third kappa shape index (κ3) is 3.74. The number of aromatic amines is 1. The summed E-state index contributed by atoms with van der Waals surface area (Å²) in [7, 11) is 0. The third-order valence-corrected chi connectivity index (χ3v) is 4.52. The average Bonchev–Trinajstić information content (AvgIpc) is 3.29. The number of nitrogens with zero attached hydrogens (tertiary/aromatic N) is 2. The molecule has 2 aromatic carbocycles. The summed E-state index contributed by atoms with van der Waals surface area (Å²) in [6.07, 6.45) is 3.69. The Hall–Kier alpha value is -3.41. The van der Waals surface area contributed by atoms with Crippen molar-refractivity contribution in [1.82, 2.24) is 20.1 Å². The van der Waals surface area contributed by atoms with Gasteiger partial charge in [0.2, 0.25) is 0 Å². The van der Waals surface area contributed by atoms with Crippen LogP contribution in [0.4, 0.5) is 4.39 Å². The van der Waals surface area contributed by atoms with Crippen molar-refractivity contribution in [1.29, 1.82) is 0 Å². The van der Waals surface area contributed by atoms with Gasteiger partial charge in [0.1, 0.15) is 11.5 Å². The van der Waals surface area contributed by atoms with E-state index in [1.165, 1.54) is 12.1 Å². The van der Waals surface area contributed by atoms with Crippen molar-refractivity contribution in [2.75, 3.05) is 0 Å². The lowest BCUT2D eigenvalue weighted by Gasteiger charge is -2.11. The van der Waals surface area contributed by atoms with Gasteiger partial charge in [0.05, 0.1) is 18.8 Å². The zero-order valence-corrected chi connectivity index (χ0v) is 14.8. The largest absolute Gasteiger partial charge is 0.350 e. The molecule has 6 heteroatoms. The Morgan fingerprint density at radius 2 is 2.04 bits per heavy atom. The summed E-state index contributed by atoms with van der Waals surface area (Å²) in [4.78, 5) is 15.5.